The van der Waals surface area contributed by atoms with Gasteiger partial charge in [-0.25, -0.2) is 0 Å². The molecule has 0 bridgehead atoms. The fourth-order valence-corrected chi connectivity index (χ4v) is 1.15. The summed E-state index contributed by atoms with van der Waals surface area (Å²) in [6, 6.07) is 0. The van der Waals surface area contributed by atoms with Crippen LogP contribution in [0.5, 0.6) is 0 Å². The van der Waals surface area contributed by atoms with Crippen molar-refractivity contribution in [1.29, 1.82) is 0 Å². The Morgan fingerprint density at radius 2 is 2.45 bits per heavy atom. The van der Waals surface area contributed by atoms with Gasteiger partial charge in [-0.1, -0.05) is 0 Å². The molecule has 0 amide bonds. The Labute approximate surface area is 71.7 Å². The Bertz CT molecular complexity index is 149. The Morgan fingerprint density at radius 1 is 1.73 bits per heavy atom. The highest BCUT2D eigenvalue weighted by atomic mass is 32.2. The highest BCUT2D eigenvalue weighted by Crippen LogP contribution is 2.01. The van der Waals surface area contributed by atoms with Gasteiger partial charge in [0.1, 0.15) is 0 Å². The molecule has 0 fully saturated rings. The summed E-state index contributed by atoms with van der Waals surface area (Å²) in [5.41, 5.74) is 0. The highest BCUT2D eigenvalue weighted by molar-refractivity contribution is 7.99. The van der Waals surface area contributed by atoms with Crippen molar-refractivity contribution in [3.8, 4) is 12.3 Å². The Morgan fingerprint density at radius 3 is 3.00 bits per heavy atom. The van der Waals surface area contributed by atoms with Crippen molar-refractivity contribution in [2.45, 2.75) is 13.3 Å². The summed E-state index contributed by atoms with van der Waals surface area (Å²) >= 11 is 1.51. The zero-order valence-corrected chi connectivity index (χ0v) is 7.45. The molecule has 0 aliphatic carbocycles. The number of thioether (sulfide) groups is 1. The summed E-state index contributed by atoms with van der Waals surface area (Å²) < 4.78 is 4.71. The fraction of sp³-hybridized carbons (Fsp3) is 0.625. The first-order chi connectivity index (χ1) is 5.31. The van der Waals surface area contributed by atoms with E-state index in [4.69, 9.17) is 11.2 Å². The standard InChI is InChI=1S/C8H12O2S/c1-3-5-6-11-7-8(9)10-4-2/h1H,4-7H2,2H3. The molecule has 0 saturated carbocycles. The lowest BCUT2D eigenvalue weighted by molar-refractivity contribution is -0.139. The van der Waals surface area contributed by atoms with Crippen LogP contribution in [0, 0.1) is 12.3 Å². The molecule has 0 aromatic rings. The maximum atomic E-state index is 10.7. The second-order valence-corrected chi connectivity index (χ2v) is 2.92. The molecule has 0 N–H and O–H groups in total. The van der Waals surface area contributed by atoms with Crippen LogP contribution in [0.25, 0.3) is 0 Å². The van der Waals surface area contributed by atoms with Crippen LogP contribution in [0.3, 0.4) is 0 Å². The number of carbonyl (C=O) groups is 1. The summed E-state index contributed by atoms with van der Waals surface area (Å²) in [7, 11) is 0. The van der Waals surface area contributed by atoms with E-state index in [9.17, 15) is 4.79 Å². The molecular weight excluding hydrogens is 160 g/mol. The lowest BCUT2D eigenvalue weighted by Crippen LogP contribution is -2.06. The Hall–Kier alpha value is -0.620. The van der Waals surface area contributed by atoms with E-state index in [2.05, 4.69) is 5.92 Å². The van der Waals surface area contributed by atoms with Gasteiger partial charge in [0.15, 0.2) is 0 Å². The van der Waals surface area contributed by atoms with Crippen LogP contribution < -0.4 is 0 Å². The normalized spacial score (nSPS) is 8.73. The van der Waals surface area contributed by atoms with Crippen molar-refractivity contribution in [2.24, 2.45) is 0 Å². The molecule has 2 nitrogen and oxygen atoms in total. The minimum atomic E-state index is -0.158. The van der Waals surface area contributed by atoms with Gasteiger partial charge in [0.2, 0.25) is 0 Å². The van der Waals surface area contributed by atoms with E-state index >= 15 is 0 Å². The van der Waals surface area contributed by atoms with Gasteiger partial charge in [-0.2, -0.15) is 0 Å². The van der Waals surface area contributed by atoms with Crippen molar-refractivity contribution in [1.82, 2.24) is 0 Å². The van der Waals surface area contributed by atoms with Crippen molar-refractivity contribution >= 4 is 17.7 Å². The zero-order chi connectivity index (χ0) is 8.53. The molecule has 0 unspecified atom stereocenters. The average molecular weight is 172 g/mol. The van der Waals surface area contributed by atoms with Crippen LogP contribution in [0.15, 0.2) is 0 Å². The van der Waals surface area contributed by atoms with E-state index in [1.807, 2.05) is 0 Å². The van der Waals surface area contributed by atoms with Crippen LogP contribution in [0.4, 0.5) is 0 Å². The SMILES string of the molecule is C#CCCSCC(=O)OCC. The van der Waals surface area contributed by atoms with Crippen LogP contribution >= 0.6 is 11.8 Å². The molecule has 0 heterocycles. The van der Waals surface area contributed by atoms with Crippen molar-refractivity contribution in [3.05, 3.63) is 0 Å². The predicted molar refractivity (Wildman–Crippen MR) is 47.4 cm³/mol. The summed E-state index contributed by atoms with van der Waals surface area (Å²) in [5, 5.41) is 0. The van der Waals surface area contributed by atoms with Gasteiger partial charge in [0.25, 0.3) is 0 Å². The van der Waals surface area contributed by atoms with Gasteiger partial charge in [0, 0.05) is 12.2 Å². The van der Waals surface area contributed by atoms with Crippen molar-refractivity contribution in [3.63, 3.8) is 0 Å². The monoisotopic (exact) mass is 172 g/mol. The minimum absolute atomic E-state index is 0.158. The van der Waals surface area contributed by atoms with Gasteiger partial charge < -0.3 is 4.74 Å². The summed E-state index contributed by atoms with van der Waals surface area (Å²) in [6.45, 7) is 2.25. The van der Waals surface area contributed by atoms with Crippen LogP contribution in [-0.4, -0.2) is 24.1 Å². The molecule has 62 valence electrons. The molecular formula is C8H12O2S. The van der Waals surface area contributed by atoms with E-state index < -0.39 is 0 Å². The van der Waals surface area contributed by atoms with E-state index in [1.54, 1.807) is 6.92 Å². The molecule has 0 aromatic heterocycles. The van der Waals surface area contributed by atoms with E-state index in [-0.39, 0.29) is 5.97 Å². The number of terminal acetylenes is 1. The van der Waals surface area contributed by atoms with Gasteiger partial charge in [-0.15, -0.1) is 24.1 Å². The summed E-state index contributed by atoms with van der Waals surface area (Å²) in [4.78, 5) is 10.7. The lowest BCUT2D eigenvalue weighted by atomic mass is 10.5. The molecule has 0 aliphatic rings. The van der Waals surface area contributed by atoms with E-state index in [0.717, 1.165) is 5.75 Å². The van der Waals surface area contributed by atoms with Crippen LogP contribution in [-0.2, 0) is 9.53 Å². The predicted octanol–water partition coefficient (Wildman–Crippen LogP) is 1.31. The van der Waals surface area contributed by atoms with Gasteiger partial charge in [-0.05, 0) is 6.92 Å². The first-order valence-electron chi connectivity index (χ1n) is 3.48. The maximum Gasteiger partial charge on any atom is 0.315 e. The van der Waals surface area contributed by atoms with E-state index in [0.29, 0.717) is 18.8 Å². The number of hydrogen-bond acceptors (Lipinski definition) is 3. The third kappa shape index (κ3) is 7.27. The molecule has 0 spiro atoms. The van der Waals surface area contributed by atoms with Gasteiger partial charge in [0.05, 0.1) is 12.4 Å². The topological polar surface area (TPSA) is 26.3 Å². The second kappa shape index (κ2) is 7.49. The third-order valence-electron chi connectivity index (χ3n) is 0.916. The molecule has 0 rings (SSSR count). The largest absolute Gasteiger partial charge is 0.465 e. The number of rotatable bonds is 5. The first kappa shape index (κ1) is 10.4. The average Bonchev–Trinajstić information content (AvgIpc) is 1.99. The maximum absolute atomic E-state index is 10.7. The van der Waals surface area contributed by atoms with E-state index in [1.165, 1.54) is 11.8 Å². The van der Waals surface area contributed by atoms with Crippen molar-refractivity contribution < 1.29 is 9.53 Å². The second-order valence-electron chi connectivity index (χ2n) is 1.81. The zero-order valence-electron chi connectivity index (χ0n) is 6.63. The van der Waals surface area contributed by atoms with Crippen molar-refractivity contribution in [2.75, 3.05) is 18.1 Å². The Balaban J connectivity index is 3.12. The van der Waals surface area contributed by atoms with Crippen LogP contribution in [0.1, 0.15) is 13.3 Å². The lowest BCUT2D eigenvalue weighted by Gasteiger charge is -1.99. The quantitative estimate of drug-likeness (QED) is 0.355. The molecule has 0 aromatic carbocycles. The number of ether oxygens (including phenoxy) is 1. The van der Waals surface area contributed by atoms with Gasteiger partial charge in [-0.3, -0.25) is 4.79 Å². The molecule has 0 radical (unpaired) electrons. The minimum Gasteiger partial charge on any atom is -0.465 e. The number of esters is 1. The smallest absolute Gasteiger partial charge is 0.315 e. The van der Waals surface area contributed by atoms with Crippen LogP contribution in [0.2, 0.25) is 0 Å². The molecule has 3 heteroatoms. The molecule has 0 aliphatic heterocycles. The fourth-order valence-electron chi connectivity index (χ4n) is 0.489. The molecule has 0 atom stereocenters. The highest BCUT2D eigenvalue weighted by Gasteiger charge is 1.99. The summed E-state index contributed by atoms with van der Waals surface area (Å²) in [5.74, 6) is 3.58. The molecule has 0 saturated heterocycles. The Kier molecular flexibility index (Phi) is 7.06. The first-order valence-corrected chi connectivity index (χ1v) is 4.63. The summed E-state index contributed by atoms with van der Waals surface area (Å²) in [6.07, 6.45) is 5.74. The number of carbonyl (C=O) groups excluding carboxylic acids is 1. The third-order valence-corrected chi connectivity index (χ3v) is 1.85. The number of hydrogen-bond donors (Lipinski definition) is 0. The molecule has 11 heavy (non-hydrogen) atoms. The van der Waals surface area contributed by atoms with Gasteiger partial charge >= 0.3 is 5.97 Å².